The van der Waals surface area contributed by atoms with Crippen LogP contribution in [0.25, 0.3) is 0 Å². The summed E-state index contributed by atoms with van der Waals surface area (Å²) in [5.74, 6) is 0.384. The van der Waals surface area contributed by atoms with E-state index in [0.29, 0.717) is 5.92 Å². The highest BCUT2D eigenvalue weighted by molar-refractivity contribution is 5.74. The molecule has 126 valence electrons. The molecule has 0 radical (unpaired) electrons. The number of aromatic nitrogens is 1. The Morgan fingerprint density at radius 3 is 2.91 bits per heavy atom. The molecule has 0 bridgehead atoms. The topological polar surface area (TPSA) is 48.9 Å². The highest BCUT2D eigenvalue weighted by Gasteiger charge is 2.46. The molecule has 2 aliphatic rings. The summed E-state index contributed by atoms with van der Waals surface area (Å²) >= 11 is 0. The normalized spacial score (nSPS) is 27.8. The van der Waals surface area contributed by atoms with Crippen LogP contribution in [0.5, 0.6) is 0 Å². The average molecular weight is 318 g/mol. The molecule has 2 aliphatic heterocycles. The predicted octanol–water partition coefficient (Wildman–Crippen LogP) is 1.28. The lowest BCUT2D eigenvalue weighted by Crippen LogP contribution is -2.55. The first kappa shape index (κ1) is 16.2. The molecule has 6 nitrogen and oxygen atoms in total. The zero-order valence-electron chi connectivity index (χ0n) is 14.2. The maximum Gasteiger partial charge on any atom is 0.319 e. The number of carbonyl (C=O) groups is 1. The quantitative estimate of drug-likeness (QED) is 0.842. The molecule has 2 fully saturated rings. The number of ether oxygens (including phenoxy) is 1. The molecule has 0 aromatic carbocycles. The minimum absolute atomic E-state index is 0.109. The molecule has 0 spiro atoms. The summed E-state index contributed by atoms with van der Waals surface area (Å²) in [5.41, 5.74) is 1.21. The van der Waals surface area contributed by atoms with Crippen molar-refractivity contribution in [1.29, 1.82) is 0 Å². The fraction of sp³-hybridized carbons (Fsp3) is 0.647. The van der Waals surface area contributed by atoms with Gasteiger partial charge >= 0.3 is 6.03 Å². The molecule has 23 heavy (non-hydrogen) atoms. The van der Waals surface area contributed by atoms with Gasteiger partial charge in [0.2, 0.25) is 0 Å². The van der Waals surface area contributed by atoms with E-state index < -0.39 is 0 Å². The zero-order valence-corrected chi connectivity index (χ0v) is 14.2. The van der Waals surface area contributed by atoms with Crippen molar-refractivity contribution in [3.8, 4) is 0 Å². The second kappa shape index (κ2) is 6.84. The van der Waals surface area contributed by atoms with E-state index >= 15 is 0 Å². The van der Waals surface area contributed by atoms with Gasteiger partial charge in [-0.2, -0.15) is 0 Å². The molecule has 3 rings (SSSR count). The van der Waals surface area contributed by atoms with Crippen LogP contribution in [0.4, 0.5) is 4.79 Å². The Labute approximate surface area is 138 Å². The number of rotatable bonds is 3. The number of pyridine rings is 1. The number of piperidine rings is 1. The van der Waals surface area contributed by atoms with Crippen LogP contribution in [0.2, 0.25) is 0 Å². The highest BCUT2D eigenvalue weighted by atomic mass is 16.5. The molecule has 2 amide bonds. The monoisotopic (exact) mass is 318 g/mol. The van der Waals surface area contributed by atoms with Gasteiger partial charge in [-0.3, -0.25) is 9.88 Å². The van der Waals surface area contributed by atoms with Crippen molar-refractivity contribution in [3.63, 3.8) is 0 Å². The van der Waals surface area contributed by atoms with E-state index in [0.717, 1.165) is 32.6 Å². The Morgan fingerprint density at radius 2 is 2.26 bits per heavy atom. The van der Waals surface area contributed by atoms with Gasteiger partial charge in [0.25, 0.3) is 0 Å². The molecular weight excluding hydrogens is 292 g/mol. The van der Waals surface area contributed by atoms with Crippen molar-refractivity contribution in [2.45, 2.75) is 25.1 Å². The van der Waals surface area contributed by atoms with Crippen LogP contribution in [0.3, 0.4) is 0 Å². The lowest BCUT2D eigenvalue weighted by molar-refractivity contribution is -0.0116. The van der Waals surface area contributed by atoms with Crippen LogP contribution in [0.15, 0.2) is 24.5 Å². The summed E-state index contributed by atoms with van der Waals surface area (Å²) in [5, 5.41) is 0. The third-order valence-corrected chi connectivity index (χ3v) is 5.00. The van der Waals surface area contributed by atoms with Crippen molar-refractivity contribution < 1.29 is 9.53 Å². The van der Waals surface area contributed by atoms with Crippen LogP contribution in [-0.2, 0) is 11.3 Å². The van der Waals surface area contributed by atoms with Gasteiger partial charge in [-0.05, 0) is 18.1 Å². The van der Waals surface area contributed by atoms with Crippen LogP contribution < -0.4 is 0 Å². The average Bonchev–Trinajstić information content (AvgIpc) is 2.97. The van der Waals surface area contributed by atoms with Crippen LogP contribution in [0, 0.1) is 5.92 Å². The third kappa shape index (κ3) is 3.33. The number of hydrogen-bond donors (Lipinski definition) is 0. The molecule has 1 aromatic heterocycles. The molecule has 6 heteroatoms. The second-order valence-electron chi connectivity index (χ2n) is 6.72. The summed E-state index contributed by atoms with van der Waals surface area (Å²) in [6, 6.07) is 4.42. The molecular formula is C17H26N4O2. The van der Waals surface area contributed by atoms with Crippen LogP contribution in [-0.4, -0.2) is 78.7 Å². The number of carbonyl (C=O) groups excluding carboxylic acids is 1. The number of nitrogens with zero attached hydrogens (tertiary/aromatic N) is 4. The van der Waals surface area contributed by atoms with E-state index in [1.165, 1.54) is 5.56 Å². The fourth-order valence-electron chi connectivity index (χ4n) is 3.90. The Hall–Kier alpha value is -1.66. The lowest BCUT2D eigenvalue weighted by atomic mass is 9.89. The van der Waals surface area contributed by atoms with E-state index in [4.69, 9.17) is 4.74 Å². The van der Waals surface area contributed by atoms with Gasteiger partial charge in [0.15, 0.2) is 0 Å². The largest absolute Gasteiger partial charge is 0.381 e. The Kier molecular flexibility index (Phi) is 4.82. The SMILES string of the molecule is CO[C@@H]1CCN(C(=O)N(C)C)[C@H]2CN(Cc3cccnc3)C[C@@H]12. The molecule has 0 saturated carbocycles. The number of amides is 2. The molecule has 3 heterocycles. The van der Waals surface area contributed by atoms with E-state index in [2.05, 4.69) is 16.0 Å². The maximum absolute atomic E-state index is 12.5. The van der Waals surface area contributed by atoms with Gasteiger partial charge in [-0.1, -0.05) is 6.07 Å². The first-order valence-electron chi connectivity index (χ1n) is 8.22. The van der Waals surface area contributed by atoms with Crippen molar-refractivity contribution in [3.05, 3.63) is 30.1 Å². The van der Waals surface area contributed by atoms with E-state index in [1.54, 1.807) is 18.2 Å². The summed E-state index contributed by atoms with van der Waals surface area (Å²) in [7, 11) is 5.43. The predicted molar refractivity (Wildman–Crippen MR) is 88.0 cm³/mol. The number of fused-ring (bicyclic) bond motifs is 1. The fourth-order valence-corrected chi connectivity index (χ4v) is 3.90. The maximum atomic E-state index is 12.5. The van der Waals surface area contributed by atoms with Crippen LogP contribution in [0.1, 0.15) is 12.0 Å². The molecule has 0 unspecified atom stereocenters. The second-order valence-corrected chi connectivity index (χ2v) is 6.72. The highest BCUT2D eigenvalue weighted by Crippen LogP contribution is 2.33. The summed E-state index contributed by atoms with van der Waals surface area (Å²) in [4.78, 5) is 22.8. The van der Waals surface area contributed by atoms with E-state index in [-0.39, 0.29) is 18.2 Å². The first-order chi connectivity index (χ1) is 11.1. The molecule has 0 N–H and O–H groups in total. The lowest BCUT2D eigenvalue weighted by Gasteiger charge is -2.42. The summed E-state index contributed by atoms with van der Waals surface area (Å²) in [6.07, 6.45) is 4.87. The van der Waals surface area contributed by atoms with Gasteiger partial charge in [-0.15, -0.1) is 0 Å². The van der Waals surface area contributed by atoms with Gasteiger partial charge in [-0.25, -0.2) is 4.79 Å². The number of hydrogen-bond acceptors (Lipinski definition) is 4. The number of methoxy groups -OCH3 is 1. The zero-order chi connectivity index (χ0) is 16.4. The molecule has 3 atom stereocenters. The molecule has 0 aliphatic carbocycles. The van der Waals surface area contributed by atoms with Crippen molar-refractivity contribution in [1.82, 2.24) is 19.7 Å². The van der Waals surface area contributed by atoms with Crippen molar-refractivity contribution >= 4 is 6.03 Å². The minimum atomic E-state index is 0.109. The Balaban J connectivity index is 1.73. The number of likely N-dealkylation sites (tertiary alicyclic amines) is 2. The van der Waals surface area contributed by atoms with Gasteiger partial charge in [0.05, 0.1) is 12.1 Å². The molecule has 1 aromatic rings. The standard InChI is InChI=1S/C17H26N4O2/c1-19(2)17(22)21-8-6-16(23-3)14-11-20(12-15(14)21)10-13-5-4-7-18-9-13/h4-5,7,9,14-16H,6,8,10-12H2,1-3H3/t14-,15+,16-/m1/s1. The molecule has 2 saturated heterocycles. The van der Waals surface area contributed by atoms with Crippen LogP contribution >= 0.6 is 0 Å². The smallest absolute Gasteiger partial charge is 0.319 e. The summed E-state index contributed by atoms with van der Waals surface area (Å²) in [6.45, 7) is 3.52. The van der Waals surface area contributed by atoms with Gasteiger partial charge in [0, 0.05) is 65.7 Å². The van der Waals surface area contributed by atoms with E-state index in [1.807, 2.05) is 31.3 Å². The van der Waals surface area contributed by atoms with Gasteiger partial charge in [0.1, 0.15) is 0 Å². The van der Waals surface area contributed by atoms with Crippen molar-refractivity contribution in [2.24, 2.45) is 5.92 Å². The number of urea groups is 1. The van der Waals surface area contributed by atoms with Crippen molar-refractivity contribution in [2.75, 3.05) is 40.8 Å². The van der Waals surface area contributed by atoms with Gasteiger partial charge < -0.3 is 14.5 Å². The minimum Gasteiger partial charge on any atom is -0.381 e. The Bertz CT molecular complexity index is 537. The summed E-state index contributed by atoms with van der Waals surface area (Å²) < 4.78 is 5.70. The third-order valence-electron chi connectivity index (χ3n) is 5.00. The Morgan fingerprint density at radius 1 is 1.43 bits per heavy atom. The van der Waals surface area contributed by atoms with E-state index in [9.17, 15) is 4.79 Å². The first-order valence-corrected chi connectivity index (χ1v) is 8.22.